The molecule has 0 saturated heterocycles. The maximum atomic E-state index is 5.72. The van der Waals surface area contributed by atoms with Crippen molar-refractivity contribution in [3.63, 3.8) is 0 Å². The lowest BCUT2D eigenvalue weighted by Crippen LogP contribution is -2.23. The SMILES string of the molecule is CC(C)OCc1ncn2c1CN(Cc1ccoc1)CCC2. The molecule has 1 aliphatic heterocycles. The largest absolute Gasteiger partial charge is 0.472 e. The maximum Gasteiger partial charge on any atom is 0.0953 e. The van der Waals surface area contributed by atoms with E-state index in [1.807, 2.05) is 18.7 Å². The van der Waals surface area contributed by atoms with Gasteiger partial charge in [-0.25, -0.2) is 4.98 Å². The normalized spacial score (nSPS) is 16.1. The standard InChI is InChI=1S/C16H23N3O2/c1-13(2)21-11-15-16-9-18(8-14-4-7-20-10-14)5-3-6-19(16)12-17-15/h4,7,10,12-13H,3,5-6,8-9,11H2,1-2H3. The molecule has 0 aliphatic carbocycles. The first kappa shape index (κ1) is 14.4. The zero-order valence-electron chi connectivity index (χ0n) is 12.8. The monoisotopic (exact) mass is 289 g/mol. The number of fused-ring (bicyclic) bond motifs is 1. The topological polar surface area (TPSA) is 43.4 Å². The average molecular weight is 289 g/mol. The lowest BCUT2D eigenvalue weighted by Gasteiger charge is -2.19. The summed E-state index contributed by atoms with van der Waals surface area (Å²) in [5.74, 6) is 0. The molecule has 0 bridgehead atoms. The molecule has 0 N–H and O–H groups in total. The Morgan fingerprint density at radius 1 is 1.38 bits per heavy atom. The molecule has 0 atom stereocenters. The fourth-order valence-electron chi connectivity index (χ4n) is 2.72. The number of ether oxygens (including phenoxy) is 1. The van der Waals surface area contributed by atoms with Crippen molar-refractivity contribution >= 4 is 0 Å². The van der Waals surface area contributed by atoms with Gasteiger partial charge in [-0.3, -0.25) is 4.90 Å². The van der Waals surface area contributed by atoms with Crippen molar-refractivity contribution in [1.82, 2.24) is 14.5 Å². The zero-order chi connectivity index (χ0) is 14.7. The maximum absolute atomic E-state index is 5.72. The van der Waals surface area contributed by atoms with E-state index >= 15 is 0 Å². The Hall–Kier alpha value is -1.59. The van der Waals surface area contributed by atoms with Gasteiger partial charge >= 0.3 is 0 Å². The molecule has 21 heavy (non-hydrogen) atoms. The van der Waals surface area contributed by atoms with Gasteiger partial charge in [0, 0.05) is 31.7 Å². The number of hydrogen-bond donors (Lipinski definition) is 0. The van der Waals surface area contributed by atoms with E-state index in [0.717, 1.165) is 38.3 Å². The van der Waals surface area contributed by atoms with Crippen LogP contribution in [-0.2, 0) is 31.0 Å². The number of aryl methyl sites for hydroxylation is 1. The molecule has 2 aromatic heterocycles. The first-order chi connectivity index (χ1) is 10.2. The minimum Gasteiger partial charge on any atom is -0.472 e. The third-order valence-electron chi connectivity index (χ3n) is 3.82. The predicted octanol–water partition coefficient (Wildman–Crippen LogP) is 2.81. The molecule has 114 valence electrons. The Balaban J connectivity index is 1.72. The van der Waals surface area contributed by atoms with Gasteiger partial charge in [-0.15, -0.1) is 0 Å². The summed E-state index contributed by atoms with van der Waals surface area (Å²) in [6.07, 6.45) is 6.89. The van der Waals surface area contributed by atoms with E-state index in [9.17, 15) is 0 Å². The van der Waals surface area contributed by atoms with E-state index < -0.39 is 0 Å². The molecule has 5 nitrogen and oxygen atoms in total. The van der Waals surface area contributed by atoms with E-state index in [4.69, 9.17) is 9.15 Å². The van der Waals surface area contributed by atoms with Gasteiger partial charge in [0.15, 0.2) is 0 Å². The number of furan rings is 1. The van der Waals surface area contributed by atoms with Gasteiger partial charge in [-0.2, -0.15) is 0 Å². The van der Waals surface area contributed by atoms with Crippen LogP contribution in [0.15, 0.2) is 29.3 Å². The molecule has 0 saturated carbocycles. The molecule has 0 fully saturated rings. The summed E-state index contributed by atoms with van der Waals surface area (Å²) in [5.41, 5.74) is 3.59. The zero-order valence-corrected chi connectivity index (χ0v) is 12.8. The van der Waals surface area contributed by atoms with Crippen molar-refractivity contribution in [2.45, 2.75) is 52.6 Å². The lowest BCUT2D eigenvalue weighted by molar-refractivity contribution is 0.0628. The van der Waals surface area contributed by atoms with Crippen molar-refractivity contribution in [2.24, 2.45) is 0 Å². The number of rotatable bonds is 5. The van der Waals surface area contributed by atoms with Crippen molar-refractivity contribution in [1.29, 1.82) is 0 Å². The molecule has 5 heteroatoms. The molecule has 0 radical (unpaired) electrons. The minimum absolute atomic E-state index is 0.232. The van der Waals surface area contributed by atoms with E-state index in [-0.39, 0.29) is 6.10 Å². The van der Waals surface area contributed by atoms with E-state index in [0.29, 0.717) is 6.61 Å². The summed E-state index contributed by atoms with van der Waals surface area (Å²) >= 11 is 0. The second kappa shape index (κ2) is 6.45. The van der Waals surface area contributed by atoms with Gasteiger partial charge < -0.3 is 13.7 Å². The van der Waals surface area contributed by atoms with Gasteiger partial charge in [-0.05, 0) is 26.3 Å². The summed E-state index contributed by atoms with van der Waals surface area (Å²) in [6.45, 7) is 8.68. The smallest absolute Gasteiger partial charge is 0.0953 e. The summed E-state index contributed by atoms with van der Waals surface area (Å²) in [6, 6.07) is 2.03. The third kappa shape index (κ3) is 3.54. The third-order valence-corrected chi connectivity index (χ3v) is 3.82. The van der Waals surface area contributed by atoms with Crippen LogP contribution < -0.4 is 0 Å². The molecule has 0 unspecified atom stereocenters. The first-order valence-corrected chi connectivity index (χ1v) is 7.60. The van der Waals surface area contributed by atoms with Gasteiger partial charge in [0.25, 0.3) is 0 Å². The highest BCUT2D eigenvalue weighted by Crippen LogP contribution is 2.19. The van der Waals surface area contributed by atoms with Crippen molar-refractivity contribution in [3.8, 4) is 0 Å². The molecule has 1 aliphatic rings. The van der Waals surface area contributed by atoms with Gasteiger partial charge in [0.2, 0.25) is 0 Å². The molecule has 0 spiro atoms. The van der Waals surface area contributed by atoms with E-state index in [1.54, 1.807) is 6.26 Å². The fourth-order valence-corrected chi connectivity index (χ4v) is 2.72. The van der Waals surface area contributed by atoms with Crippen LogP contribution in [0.25, 0.3) is 0 Å². The van der Waals surface area contributed by atoms with Gasteiger partial charge in [-0.1, -0.05) is 0 Å². The number of imidazole rings is 1. The Labute approximate surface area is 125 Å². The van der Waals surface area contributed by atoms with Crippen LogP contribution in [0, 0.1) is 0 Å². The number of nitrogens with zero attached hydrogens (tertiary/aromatic N) is 3. The second-order valence-corrected chi connectivity index (χ2v) is 5.89. The van der Waals surface area contributed by atoms with Crippen LogP contribution in [0.5, 0.6) is 0 Å². The summed E-state index contributed by atoms with van der Waals surface area (Å²) in [5, 5.41) is 0. The summed E-state index contributed by atoms with van der Waals surface area (Å²) < 4.78 is 13.2. The van der Waals surface area contributed by atoms with Gasteiger partial charge in [0.1, 0.15) is 0 Å². The Kier molecular flexibility index (Phi) is 4.41. The van der Waals surface area contributed by atoms with Crippen molar-refractivity contribution in [2.75, 3.05) is 6.54 Å². The lowest BCUT2D eigenvalue weighted by atomic mass is 10.2. The van der Waals surface area contributed by atoms with E-state index in [2.05, 4.69) is 28.3 Å². The van der Waals surface area contributed by atoms with Crippen LogP contribution >= 0.6 is 0 Å². The predicted molar refractivity (Wildman–Crippen MR) is 79.6 cm³/mol. The quantitative estimate of drug-likeness (QED) is 0.849. The molecule has 3 heterocycles. The van der Waals surface area contributed by atoms with Crippen molar-refractivity contribution < 1.29 is 9.15 Å². The molecule has 3 rings (SSSR count). The number of hydrogen-bond acceptors (Lipinski definition) is 4. The Bertz CT molecular complexity index is 560. The van der Waals surface area contributed by atoms with Gasteiger partial charge in [0.05, 0.1) is 43.0 Å². The molecule has 0 aromatic carbocycles. The Morgan fingerprint density at radius 3 is 3.05 bits per heavy atom. The van der Waals surface area contributed by atoms with Crippen LogP contribution in [0.2, 0.25) is 0 Å². The second-order valence-electron chi connectivity index (χ2n) is 5.89. The molecule has 0 amide bonds. The highest BCUT2D eigenvalue weighted by molar-refractivity contribution is 5.14. The van der Waals surface area contributed by atoms with Crippen molar-refractivity contribution in [3.05, 3.63) is 41.9 Å². The Morgan fingerprint density at radius 2 is 2.29 bits per heavy atom. The summed E-state index contributed by atoms with van der Waals surface area (Å²) in [4.78, 5) is 6.98. The minimum atomic E-state index is 0.232. The van der Waals surface area contributed by atoms with Crippen LogP contribution in [0.4, 0.5) is 0 Å². The summed E-state index contributed by atoms with van der Waals surface area (Å²) in [7, 11) is 0. The van der Waals surface area contributed by atoms with Crippen LogP contribution in [0.1, 0.15) is 37.2 Å². The van der Waals surface area contributed by atoms with Crippen LogP contribution in [0.3, 0.4) is 0 Å². The number of aromatic nitrogens is 2. The molecular formula is C16H23N3O2. The first-order valence-electron chi connectivity index (χ1n) is 7.60. The van der Waals surface area contributed by atoms with E-state index in [1.165, 1.54) is 11.3 Å². The van der Waals surface area contributed by atoms with Crippen LogP contribution in [-0.4, -0.2) is 27.1 Å². The average Bonchev–Trinajstić information content (AvgIpc) is 3.03. The highest BCUT2D eigenvalue weighted by atomic mass is 16.5. The molecular weight excluding hydrogens is 266 g/mol. The highest BCUT2D eigenvalue weighted by Gasteiger charge is 2.19. The fraction of sp³-hybridized carbons (Fsp3) is 0.562. The molecule has 2 aromatic rings.